The topological polar surface area (TPSA) is 38.7 Å². The smallest absolute Gasteiger partial charge is 0.324 e. The predicted molar refractivity (Wildman–Crippen MR) is 53.6 cm³/mol. The van der Waals surface area contributed by atoms with Gasteiger partial charge in [-0.15, -0.1) is 0 Å². The van der Waals surface area contributed by atoms with Crippen LogP contribution in [0.3, 0.4) is 0 Å². The highest BCUT2D eigenvalue weighted by atomic mass is 32.5. The highest BCUT2D eigenvalue weighted by molar-refractivity contribution is 8.07. The number of rotatable bonds is 7. The average Bonchev–Trinajstić information content (AvgIpc) is 1.98. The van der Waals surface area contributed by atoms with E-state index >= 15 is 0 Å². The van der Waals surface area contributed by atoms with E-state index in [0.717, 1.165) is 19.3 Å². The van der Waals surface area contributed by atoms with Crippen LogP contribution in [-0.2, 0) is 20.9 Å². The van der Waals surface area contributed by atoms with Gasteiger partial charge in [-0.2, -0.15) is 0 Å². The zero-order chi connectivity index (χ0) is 9.45. The van der Waals surface area contributed by atoms with Crippen LogP contribution in [0.15, 0.2) is 0 Å². The van der Waals surface area contributed by atoms with E-state index in [-0.39, 0.29) is 0 Å². The van der Waals surface area contributed by atoms with Crippen LogP contribution in [0, 0.1) is 0 Å². The van der Waals surface area contributed by atoms with Crippen molar-refractivity contribution in [1.82, 2.24) is 0 Å². The van der Waals surface area contributed by atoms with Crippen molar-refractivity contribution < 1.29 is 13.9 Å². The monoisotopic (exact) mass is 212 g/mol. The molecule has 0 aromatic carbocycles. The average molecular weight is 212 g/mol. The van der Waals surface area contributed by atoms with Gasteiger partial charge in [-0.05, 0) is 25.2 Å². The largest absolute Gasteiger partial charge is 0.324 e. The third-order valence-corrected chi connectivity index (χ3v) is 3.02. The first kappa shape index (κ1) is 12.5. The molecule has 1 unspecified atom stereocenters. The van der Waals surface area contributed by atoms with E-state index < -0.39 is 6.72 Å². The lowest BCUT2D eigenvalue weighted by atomic mass is 10.3. The van der Waals surface area contributed by atoms with E-state index in [1.54, 1.807) is 6.92 Å². The van der Waals surface area contributed by atoms with Crippen molar-refractivity contribution in [3.8, 4) is 0 Å². The van der Waals surface area contributed by atoms with Crippen molar-refractivity contribution in [2.75, 3.05) is 13.2 Å². The molecule has 0 aromatic rings. The minimum atomic E-state index is -2.90. The van der Waals surface area contributed by atoms with Crippen LogP contribution in [0.2, 0.25) is 0 Å². The van der Waals surface area contributed by atoms with E-state index in [0.29, 0.717) is 13.2 Å². The minimum Gasteiger partial charge on any atom is -0.324 e. The summed E-state index contributed by atoms with van der Waals surface area (Å²) in [5, 5.41) is 0. The Morgan fingerprint density at radius 3 is 2.42 bits per heavy atom. The van der Waals surface area contributed by atoms with Gasteiger partial charge < -0.3 is 13.9 Å². The Morgan fingerprint density at radius 2 is 1.92 bits per heavy atom. The Balaban J connectivity index is 3.41. The number of hydrogen-bond donors (Lipinski definition) is 1. The first-order chi connectivity index (χ1) is 5.62. The number of hydrogen-bond acceptors (Lipinski definition) is 3. The molecular formula is C7H17O3PS. The fourth-order valence-electron chi connectivity index (χ4n) is 0.732. The molecule has 3 nitrogen and oxygen atoms in total. The Hall–Kier alpha value is 0.530. The van der Waals surface area contributed by atoms with E-state index in [2.05, 4.69) is 6.92 Å². The lowest BCUT2D eigenvalue weighted by Gasteiger charge is -2.13. The number of unbranched alkanes of at least 4 members (excludes halogenated alkanes) is 2. The Labute approximate surface area is 79.3 Å². The lowest BCUT2D eigenvalue weighted by Crippen LogP contribution is -1.96. The second kappa shape index (κ2) is 6.98. The molecular weight excluding hydrogens is 195 g/mol. The van der Waals surface area contributed by atoms with Crippen LogP contribution in [0.5, 0.6) is 0 Å². The molecule has 0 bridgehead atoms. The van der Waals surface area contributed by atoms with Crippen molar-refractivity contribution in [3.05, 3.63) is 0 Å². The summed E-state index contributed by atoms with van der Waals surface area (Å²) in [4.78, 5) is 9.30. The van der Waals surface area contributed by atoms with Gasteiger partial charge in [-0.1, -0.05) is 19.8 Å². The van der Waals surface area contributed by atoms with Crippen LogP contribution in [-0.4, -0.2) is 18.1 Å². The first-order valence-electron chi connectivity index (χ1n) is 4.24. The standard InChI is InChI=1S/C7H17O3PS/c1-3-5-6-7-10-11(8,12)9-4-2/h3-7H2,1-2H3,(H,8,12). The SMILES string of the molecule is CCCCCOP(O)(=S)OCC. The van der Waals surface area contributed by atoms with Gasteiger partial charge in [-0.3, -0.25) is 0 Å². The summed E-state index contributed by atoms with van der Waals surface area (Å²) < 4.78 is 9.90. The normalized spacial score (nSPS) is 15.9. The highest BCUT2D eigenvalue weighted by Gasteiger charge is 2.12. The second-order valence-electron chi connectivity index (χ2n) is 2.43. The minimum absolute atomic E-state index is 0.404. The summed E-state index contributed by atoms with van der Waals surface area (Å²) in [5.74, 6) is 0. The highest BCUT2D eigenvalue weighted by Crippen LogP contribution is 2.43. The van der Waals surface area contributed by atoms with Crippen LogP contribution >= 0.6 is 6.72 Å². The second-order valence-corrected chi connectivity index (χ2v) is 5.26. The van der Waals surface area contributed by atoms with E-state index in [4.69, 9.17) is 20.9 Å². The van der Waals surface area contributed by atoms with Gasteiger partial charge in [0.2, 0.25) is 0 Å². The fourth-order valence-corrected chi connectivity index (χ4v) is 2.03. The van der Waals surface area contributed by atoms with Crippen LogP contribution < -0.4 is 0 Å². The maximum absolute atomic E-state index is 9.30. The zero-order valence-corrected chi connectivity index (χ0v) is 9.37. The van der Waals surface area contributed by atoms with Gasteiger partial charge in [0.1, 0.15) is 0 Å². The third kappa shape index (κ3) is 7.19. The van der Waals surface area contributed by atoms with Crippen molar-refractivity contribution in [3.63, 3.8) is 0 Å². The molecule has 0 saturated carbocycles. The van der Waals surface area contributed by atoms with Gasteiger partial charge in [0.25, 0.3) is 0 Å². The summed E-state index contributed by atoms with van der Waals surface area (Å²) >= 11 is 4.71. The Morgan fingerprint density at radius 1 is 1.25 bits per heavy atom. The maximum Gasteiger partial charge on any atom is 0.324 e. The molecule has 0 aliphatic rings. The summed E-state index contributed by atoms with van der Waals surface area (Å²) in [6, 6.07) is 0. The molecule has 1 atom stereocenters. The van der Waals surface area contributed by atoms with Crippen molar-refractivity contribution in [2.45, 2.75) is 33.1 Å². The zero-order valence-electron chi connectivity index (χ0n) is 7.65. The molecule has 0 rings (SSSR count). The molecule has 74 valence electrons. The molecule has 0 saturated heterocycles. The van der Waals surface area contributed by atoms with E-state index in [1.807, 2.05) is 0 Å². The first-order valence-corrected chi connectivity index (χ1v) is 6.83. The van der Waals surface area contributed by atoms with E-state index in [9.17, 15) is 4.89 Å². The van der Waals surface area contributed by atoms with Gasteiger partial charge in [0, 0.05) is 0 Å². The maximum atomic E-state index is 9.30. The van der Waals surface area contributed by atoms with E-state index in [1.165, 1.54) is 0 Å². The predicted octanol–water partition coefficient (Wildman–Crippen LogP) is 2.45. The van der Waals surface area contributed by atoms with Crippen molar-refractivity contribution in [2.24, 2.45) is 0 Å². The molecule has 0 amide bonds. The molecule has 0 aliphatic carbocycles. The fraction of sp³-hybridized carbons (Fsp3) is 1.00. The summed E-state index contributed by atoms with van der Waals surface area (Å²) in [5.41, 5.74) is 0. The van der Waals surface area contributed by atoms with Gasteiger partial charge in [-0.25, -0.2) is 0 Å². The molecule has 12 heavy (non-hydrogen) atoms. The molecule has 0 fully saturated rings. The lowest BCUT2D eigenvalue weighted by molar-refractivity contribution is 0.201. The molecule has 0 aromatic heterocycles. The summed E-state index contributed by atoms with van der Waals surface area (Å²) in [6.45, 7) is 1.90. The molecule has 0 spiro atoms. The summed E-state index contributed by atoms with van der Waals surface area (Å²) in [7, 11) is 0. The quantitative estimate of drug-likeness (QED) is 0.519. The Bertz CT molecular complexity index is 152. The Kier molecular flexibility index (Phi) is 7.29. The molecule has 5 heteroatoms. The molecule has 0 aliphatic heterocycles. The molecule has 0 heterocycles. The van der Waals surface area contributed by atoms with Crippen LogP contribution in [0.1, 0.15) is 33.1 Å². The van der Waals surface area contributed by atoms with Gasteiger partial charge >= 0.3 is 6.72 Å². The van der Waals surface area contributed by atoms with Crippen molar-refractivity contribution in [1.29, 1.82) is 0 Å². The van der Waals surface area contributed by atoms with Crippen molar-refractivity contribution >= 4 is 18.5 Å². The summed E-state index contributed by atoms with van der Waals surface area (Å²) in [6.07, 6.45) is 3.16. The molecule has 0 radical (unpaired) electrons. The van der Waals surface area contributed by atoms with Gasteiger partial charge in [0.15, 0.2) is 0 Å². The molecule has 1 N–H and O–H groups in total. The van der Waals surface area contributed by atoms with Gasteiger partial charge in [0.05, 0.1) is 13.2 Å². The van der Waals surface area contributed by atoms with Crippen LogP contribution in [0.25, 0.3) is 0 Å². The van der Waals surface area contributed by atoms with Crippen LogP contribution in [0.4, 0.5) is 0 Å². The third-order valence-electron chi connectivity index (χ3n) is 1.29.